The fraction of sp³-hybridized carbons (Fsp3) is 0.560. The summed E-state index contributed by atoms with van der Waals surface area (Å²) in [6, 6.07) is 4.90. The maximum Gasteiger partial charge on any atom is 0.356 e. The number of unbranched alkanes of at least 4 members (excludes halogenated alkanes) is 2. The second-order valence-corrected chi connectivity index (χ2v) is 8.92. The number of hydrogen-bond acceptors (Lipinski definition) is 6. The molecule has 3 atom stereocenters. The van der Waals surface area contributed by atoms with Gasteiger partial charge in [-0.2, -0.15) is 0 Å². The van der Waals surface area contributed by atoms with Gasteiger partial charge in [-0.3, -0.25) is 14.4 Å². The van der Waals surface area contributed by atoms with Crippen LogP contribution in [0.15, 0.2) is 24.3 Å². The minimum Gasteiger partial charge on any atom is -0.481 e. The SMILES string of the molecule is CCCCCNC(=O)[C@H](Cc1ccc(OC(C(=O)O)C(=O)O)cc1)NC(=O)C1CCCCC1C(=O)O. The van der Waals surface area contributed by atoms with Gasteiger partial charge in [-0.1, -0.05) is 44.7 Å². The van der Waals surface area contributed by atoms with Crippen molar-refractivity contribution in [2.24, 2.45) is 11.8 Å². The van der Waals surface area contributed by atoms with Crippen molar-refractivity contribution in [2.75, 3.05) is 6.54 Å². The third kappa shape index (κ3) is 8.54. The lowest BCUT2D eigenvalue weighted by Gasteiger charge is -2.29. The van der Waals surface area contributed by atoms with E-state index in [1.165, 1.54) is 12.1 Å². The van der Waals surface area contributed by atoms with Crippen molar-refractivity contribution in [3.05, 3.63) is 29.8 Å². The van der Waals surface area contributed by atoms with E-state index >= 15 is 0 Å². The van der Waals surface area contributed by atoms with Gasteiger partial charge in [0.25, 0.3) is 6.10 Å². The maximum atomic E-state index is 13.0. The Morgan fingerprint density at radius 1 is 0.944 bits per heavy atom. The summed E-state index contributed by atoms with van der Waals surface area (Å²) in [5.74, 6) is -6.66. The molecule has 0 aliphatic heterocycles. The molecule has 0 heterocycles. The van der Waals surface area contributed by atoms with E-state index in [0.29, 0.717) is 24.9 Å². The van der Waals surface area contributed by atoms with E-state index in [1.807, 2.05) is 6.92 Å². The Morgan fingerprint density at radius 3 is 2.11 bits per heavy atom. The molecule has 198 valence electrons. The number of rotatable bonds is 14. The Hall–Kier alpha value is -3.63. The lowest BCUT2D eigenvalue weighted by atomic mass is 9.78. The quantitative estimate of drug-likeness (QED) is 0.186. The number of aliphatic carboxylic acids is 3. The second-order valence-electron chi connectivity index (χ2n) is 8.92. The smallest absolute Gasteiger partial charge is 0.356 e. The summed E-state index contributed by atoms with van der Waals surface area (Å²) in [5, 5.41) is 33.0. The van der Waals surface area contributed by atoms with Crippen LogP contribution in [0, 0.1) is 11.8 Å². The van der Waals surface area contributed by atoms with Gasteiger partial charge in [0.2, 0.25) is 11.8 Å². The Labute approximate surface area is 209 Å². The summed E-state index contributed by atoms with van der Waals surface area (Å²) >= 11 is 0. The van der Waals surface area contributed by atoms with Gasteiger partial charge in [-0.25, -0.2) is 9.59 Å². The first-order valence-electron chi connectivity index (χ1n) is 12.2. The lowest BCUT2D eigenvalue weighted by molar-refractivity contribution is -0.159. The van der Waals surface area contributed by atoms with Gasteiger partial charge < -0.3 is 30.7 Å². The fourth-order valence-electron chi connectivity index (χ4n) is 4.22. The van der Waals surface area contributed by atoms with E-state index < -0.39 is 47.8 Å². The van der Waals surface area contributed by atoms with Crippen molar-refractivity contribution in [1.82, 2.24) is 10.6 Å². The summed E-state index contributed by atoms with van der Waals surface area (Å²) in [4.78, 5) is 59.6. The number of carbonyl (C=O) groups is 5. The zero-order valence-corrected chi connectivity index (χ0v) is 20.3. The van der Waals surface area contributed by atoms with Crippen molar-refractivity contribution in [1.29, 1.82) is 0 Å². The van der Waals surface area contributed by atoms with E-state index in [-0.39, 0.29) is 18.1 Å². The van der Waals surface area contributed by atoms with Crippen molar-refractivity contribution >= 4 is 29.7 Å². The molecule has 1 aromatic rings. The molecule has 5 N–H and O–H groups in total. The van der Waals surface area contributed by atoms with E-state index in [2.05, 4.69) is 10.6 Å². The average Bonchev–Trinajstić information content (AvgIpc) is 2.85. The number of carboxylic acid groups (broad SMARTS) is 3. The molecule has 11 nitrogen and oxygen atoms in total. The molecular formula is C25H34N2O9. The molecule has 11 heteroatoms. The zero-order valence-electron chi connectivity index (χ0n) is 20.3. The van der Waals surface area contributed by atoms with E-state index in [1.54, 1.807) is 12.1 Å². The summed E-state index contributed by atoms with van der Waals surface area (Å²) in [6.07, 6.45) is 3.07. The van der Waals surface area contributed by atoms with Crippen LogP contribution >= 0.6 is 0 Å². The van der Waals surface area contributed by atoms with E-state index in [9.17, 15) is 29.1 Å². The van der Waals surface area contributed by atoms with Crippen LogP contribution < -0.4 is 15.4 Å². The van der Waals surface area contributed by atoms with E-state index in [4.69, 9.17) is 14.9 Å². The molecule has 1 fully saturated rings. The molecule has 2 amide bonds. The first-order chi connectivity index (χ1) is 17.1. The largest absolute Gasteiger partial charge is 0.481 e. The van der Waals surface area contributed by atoms with Gasteiger partial charge in [0, 0.05) is 13.0 Å². The molecule has 36 heavy (non-hydrogen) atoms. The van der Waals surface area contributed by atoms with Crippen LogP contribution in [-0.2, 0) is 30.4 Å². The van der Waals surface area contributed by atoms with Crippen molar-refractivity contribution in [3.8, 4) is 5.75 Å². The minimum absolute atomic E-state index is 0.0182. The first kappa shape index (κ1) is 28.6. The number of benzene rings is 1. The summed E-state index contributed by atoms with van der Waals surface area (Å²) in [6.45, 7) is 2.48. The molecule has 0 aromatic heterocycles. The Bertz CT molecular complexity index is 918. The standard InChI is InChI=1S/C25H34N2O9/c1-2-3-6-13-26-22(29)19(27-21(28)17-7-4-5-8-18(17)23(30)31)14-15-9-11-16(12-10-15)36-20(24(32)33)25(34)35/h9-12,17-20H,2-8,13-14H2,1H3,(H,26,29)(H,27,28)(H,30,31)(H,32,33)(H,34,35)/t17?,18?,19-/m0/s1. The molecule has 0 saturated heterocycles. The highest BCUT2D eigenvalue weighted by Crippen LogP contribution is 2.30. The lowest BCUT2D eigenvalue weighted by Crippen LogP contribution is -2.51. The third-order valence-corrected chi connectivity index (χ3v) is 6.20. The van der Waals surface area contributed by atoms with Crippen LogP contribution in [0.3, 0.4) is 0 Å². The Kier molecular flexibility index (Phi) is 11.2. The molecule has 2 rings (SSSR count). The van der Waals surface area contributed by atoms with Crippen LogP contribution in [0.4, 0.5) is 0 Å². The molecule has 1 aliphatic carbocycles. The first-order valence-corrected chi connectivity index (χ1v) is 12.2. The molecule has 0 bridgehead atoms. The number of nitrogens with one attached hydrogen (secondary N) is 2. The number of hydrogen-bond donors (Lipinski definition) is 5. The predicted molar refractivity (Wildman–Crippen MR) is 127 cm³/mol. The number of carboxylic acids is 3. The average molecular weight is 507 g/mol. The van der Waals surface area contributed by atoms with E-state index in [0.717, 1.165) is 32.1 Å². The molecule has 1 aromatic carbocycles. The normalized spacial score (nSPS) is 18.2. The molecule has 1 saturated carbocycles. The fourth-order valence-corrected chi connectivity index (χ4v) is 4.22. The highest BCUT2D eigenvalue weighted by atomic mass is 16.5. The van der Waals surface area contributed by atoms with Gasteiger partial charge in [0.1, 0.15) is 11.8 Å². The van der Waals surface area contributed by atoms with Crippen LogP contribution in [-0.4, -0.2) is 63.7 Å². The molecule has 2 unspecified atom stereocenters. The number of ether oxygens (including phenoxy) is 1. The van der Waals surface area contributed by atoms with Crippen molar-refractivity contribution in [3.63, 3.8) is 0 Å². The van der Waals surface area contributed by atoms with Crippen molar-refractivity contribution in [2.45, 2.75) is 70.4 Å². The number of carbonyl (C=O) groups excluding carboxylic acids is 2. The van der Waals surface area contributed by atoms with Crippen molar-refractivity contribution < 1.29 is 44.0 Å². The van der Waals surface area contributed by atoms with Crippen LogP contribution in [0.25, 0.3) is 0 Å². The van der Waals surface area contributed by atoms with Crippen LogP contribution in [0.1, 0.15) is 57.4 Å². The number of amides is 2. The Balaban J connectivity index is 2.14. The summed E-state index contributed by atoms with van der Waals surface area (Å²) in [5.41, 5.74) is 0.608. The van der Waals surface area contributed by atoms with Gasteiger partial charge >= 0.3 is 17.9 Å². The highest BCUT2D eigenvalue weighted by Gasteiger charge is 2.37. The van der Waals surface area contributed by atoms with Crippen LogP contribution in [0.2, 0.25) is 0 Å². The van der Waals surface area contributed by atoms with Gasteiger partial charge in [0.15, 0.2) is 0 Å². The van der Waals surface area contributed by atoms with Gasteiger partial charge in [0.05, 0.1) is 11.8 Å². The zero-order chi connectivity index (χ0) is 26.7. The topological polar surface area (TPSA) is 179 Å². The monoisotopic (exact) mass is 506 g/mol. The van der Waals surface area contributed by atoms with Crippen LogP contribution in [0.5, 0.6) is 5.75 Å². The summed E-state index contributed by atoms with van der Waals surface area (Å²) < 4.78 is 5.00. The highest BCUT2D eigenvalue weighted by molar-refractivity contribution is 5.96. The second kappa shape index (κ2) is 14.1. The third-order valence-electron chi connectivity index (χ3n) is 6.20. The van der Waals surface area contributed by atoms with Gasteiger partial charge in [-0.15, -0.1) is 0 Å². The minimum atomic E-state index is -2.06. The predicted octanol–water partition coefficient (Wildman–Crippen LogP) is 1.83. The molecule has 0 radical (unpaired) electrons. The Morgan fingerprint density at radius 2 is 1.56 bits per heavy atom. The molecule has 0 spiro atoms. The van der Waals surface area contributed by atoms with Gasteiger partial charge in [-0.05, 0) is 37.0 Å². The summed E-state index contributed by atoms with van der Waals surface area (Å²) in [7, 11) is 0. The molecule has 1 aliphatic rings. The maximum absolute atomic E-state index is 13.0. The molecular weight excluding hydrogens is 472 g/mol.